The van der Waals surface area contributed by atoms with Crippen LogP contribution in [0.5, 0.6) is 0 Å². The SMILES string of the molecule is C=C/C(=C\C(=C)C)NC(=O)C(C)C.CC. The largest absolute Gasteiger partial charge is 0.326 e. The highest BCUT2D eigenvalue weighted by molar-refractivity contribution is 5.80. The molecule has 15 heavy (non-hydrogen) atoms. The summed E-state index contributed by atoms with van der Waals surface area (Å²) in [5.74, 6) is -0.0270. The van der Waals surface area contributed by atoms with Gasteiger partial charge in [0.2, 0.25) is 5.91 Å². The Hall–Kier alpha value is -1.31. The Morgan fingerprint density at radius 3 is 2.07 bits per heavy atom. The average molecular weight is 209 g/mol. The van der Waals surface area contributed by atoms with Crippen LogP contribution in [0.1, 0.15) is 34.6 Å². The molecular weight excluding hydrogens is 186 g/mol. The minimum Gasteiger partial charge on any atom is -0.326 e. The van der Waals surface area contributed by atoms with E-state index in [0.29, 0.717) is 5.70 Å². The van der Waals surface area contributed by atoms with E-state index in [-0.39, 0.29) is 11.8 Å². The van der Waals surface area contributed by atoms with Gasteiger partial charge in [0.1, 0.15) is 0 Å². The van der Waals surface area contributed by atoms with Crippen molar-refractivity contribution in [3.05, 3.63) is 36.6 Å². The molecule has 0 aliphatic carbocycles. The van der Waals surface area contributed by atoms with Crippen LogP contribution in [0.25, 0.3) is 0 Å². The molecule has 2 heteroatoms. The van der Waals surface area contributed by atoms with Gasteiger partial charge in [0.05, 0.1) is 0 Å². The molecule has 0 fully saturated rings. The van der Waals surface area contributed by atoms with Gasteiger partial charge in [-0.05, 0) is 19.1 Å². The lowest BCUT2D eigenvalue weighted by atomic mass is 10.2. The van der Waals surface area contributed by atoms with Crippen molar-refractivity contribution in [1.82, 2.24) is 5.32 Å². The number of rotatable bonds is 4. The zero-order valence-electron chi connectivity index (χ0n) is 10.6. The van der Waals surface area contributed by atoms with E-state index in [1.165, 1.54) is 0 Å². The number of carbonyl (C=O) groups excluding carboxylic acids is 1. The summed E-state index contributed by atoms with van der Waals surface area (Å²) < 4.78 is 0. The maximum absolute atomic E-state index is 11.3. The zero-order chi connectivity index (χ0) is 12.4. The molecule has 0 aromatic carbocycles. The fourth-order valence-electron chi connectivity index (χ4n) is 0.698. The van der Waals surface area contributed by atoms with Crippen molar-refractivity contribution in [1.29, 1.82) is 0 Å². The van der Waals surface area contributed by atoms with Gasteiger partial charge in [0.25, 0.3) is 0 Å². The van der Waals surface area contributed by atoms with Crippen LogP contribution in [-0.4, -0.2) is 5.91 Å². The Morgan fingerprint density at radius 1 is 1.33 bits per heavy atom. The number of amides is 1. The second kappa shape index (κ2) is 9.25. The Balaban J connectivity index is 0. The summed E-state index contributed by atoms with van der Waals surface area (Å²) in [5.41, 5.74) is 1.59. The van der Waals surface area contributed by atoms with Gasteiger partial charge in [-0.3, -0.25) is 4.79 Å². The number of hydrogen-bond acceptors (Lipinski definition) is 1. The van der Waals surface area contributed by atoms with E-state index in [1.807, 2.05) is 34.6 Å². The standard InChI is InChI=1S/C11H17NO.C2H6/c1-6-10(7-8(2)3)12-11(13)9(4)5;1-2/h6-7,9H,1-2H2,3-5H3,(H,12,13);1-2H3/b10-7+;. The molecule has 0 spiro atoms. The number of nitrogens with one attached hydrogen (secondary N) is 1. The molecular formula is C13H23NO. The van der Waals surface area contributed by atoms with Gasteiger partial charge in [0.15, 0.2) is 0 Å². The topological polar surface area (TPSA) is 29.1 Å². The van der Waals surface area contributed by atoms with E-state index >= 15 is 0 Å². The average Bonchev–Trinajstić information content (AvgIpc) is 2.18. The Bertz CT molecular complexity index is 249. The molecule has 0 radical (unpaired) electrons. The van der Waals surface area contributed by atoms with Gasteiger partial charge in [-0.1, -0.05) is 46.4 Å². The molecule has 0 unspecified atom stereocenters. The maximum Gasteiger partial charge on any atom is 0.226 e. The first kappa shape index (κ1) is 16.1. The van der Waals surface area contributed by atoms with Crippen molar-refractivity contribution < 1.29 is 4.79 Å². The van der Waals surface area contributed by atoms with E-state index in [4.69, 9.17) is 0 Å². The van der Waals surface area contributed by atoms with Crippen LogP contribution in [0.2, 0.25) is 0 Å². The van der Waals surface area contributed by atoms with Gasteiger partial charge in [-0.15, -0.1) is 0 Å². The van der Waals surface area contributed by atoms with E-state index in [2.05, 4.69) is 18.5 Å². The second-order valence-corrected chi connectivity index (χ2v) is 3.29. The normalized spacial score (nSPS) is 10.1. The third kappa shape index (κ3) is 9.01. The highest BCUT2D eigenvalue weighted by atomic mass is 16.1. The molecule has 0 saturated carbocycles. The molecule has 2 nitrogen and oxygen atoms in total. The molecule has 0 aliphatic rings. The van der Waals surface area contributed by atoms with E-state index < -0.39 is 0 Å². The summed E-state index contributed by atoms with van der Waals surface area (Å²) in [6.45, 7) is 16.9. The lowest BCUT2D eigenvalue weighted by molar-refractivity contribution is -0.123. The first-order valence-corrected chi connectivity index (χ1v) is 5.28. The summed E-state index contributed by atoms with van der Waals surface area (Å²) in [5, 5.41) is 2.74. The third-order valence-corrected chi connectivity index (χ3v) is 1.41. The highest BCUT2D eigenvalue weighted by Crippen LogP contribution is 2.00. The predicted octanol–water partition coefficient (Wildman–Crippen LogP) is 3.43. The van der Waals surface area contributed by atoms with Crippen molar-refractivity contribution in [2.45, 2.75) is 34.6 Å². The van der Waals surface area contributed by atoms with Crippen molar-refractivity contribution >= 4 is 5.91 Å². The quantitative estimate of drug-likeness (QED) is 0.706. The minimum atomic E-state index is -0.0199. The van der Waals surface area contributed by atoms with Crippen LogP contribution in [-0.2, 0) is 4.79 Å². The third-order valence-electron chi connectivity index (χ3n) is 1.41. The van der Waals surface area contributed by atoms with Crippen molar-refractivity contribution in [2.75, 3.05) is 0 Å². The first-order chi connectivity index (χ1) is 6.97. The Kier molecular flexibility index (Phi) is 9.95. The number of carbonyl (C=O) groups is 1. The van der Waals surface area contributed by atoms with Crippen molar-refractivity contribution in [3.63, 3.8) is 0 Å². The number of hydrogen-bond donors (Lipinski definition) is 1. The molecule has 0 aliphatic heterocycles. The van der Waals surface area contributed by atoms with Gasteiger partial charge >= 0.3 is 0 Å². The second-order valence-electron chi connectivity index (χ2n) is 3.29. The van der Waals surface area contributed by atoms with Crippen LogP contribution in [0.15, 0.2) is 36.6 Å². The van der Waals surface area contributed by atoms with Crippen LogP contribution in [0.3, 0.4) is 0 Å². The Morgan fingerprint density at radius 2 is 1.80 bits per heavy atom. The van der Waals surface area contributed by atoms with E-state index in [9.17, 15) is 4.79 Å². The zero-order valence-corrected chi connectivity index (χ0v) is 10.6. The minimum absolute atomic E-state index is 0.00704. The fourth-order valence-corrected chi connectivity index (χ4v) is 0.698. The van der Waals surface area contributed by atoms with Crippen LogP contribution in [0.4, 0.5) is 0 Å². The fraction of sp³-hybridized carbons (Fsp3) is 0.462. The summed E-state index contributed by atoms with van der Waals surface area (Å²) >= 11 is 0. The maximum atomic E-state index is 11.3. The Labute approximate surface area is 93.8 Å². The molecule has 0 atom stereocenters. The summed E-state index contributed by atoms with van der Waals surface area (Å²) in [4.78, 5) is 11.3. The first-order valence-electron chi connectivity index (χ1n) is 5.28. The highest BCUT2D eigenvalue weighted by Gasteiger charge is 2.06. The molecule has 1 N–H and O–H groups in total. The molecule has 0 aromatic heterocycles. The van der Waals surface area contributed by atoms with Gasteiger partial charge in [0, 0.05) is 11.6 Å². The van der Waals surface area contributed by atoms with Crippen molar-refractivity contribution in [3.8, 4) is 0 Å². The molecule has 0 rings (SSSR count). The van der Waals surface area contributed by atoms with E-state index in [0.717, 1.165) is 5.57 Å². The molecule has 0 bridgehead atoms. The summed E-state index contributed by atoms with van der Waals surface area (Å²) in [6, 6.07) is 0. The molecule has 86 valence electrons. The van der Waals surface area contributed by atoms with Gasteiger partial charge < -0.3 is 5.32 Å². The van der Waals surface area contributed by atoms with E-state index in [1.54, 1.807) is 12.2 Å². The van der Waals surface area contributed by atoms with Crippen LogP contribution in [0, 0.1) is 5.92 Å². The lowest BCUT2D eigenvalue weighted by Gasteiger charge is -2.07. The van der Waals surface area contributed by atoms with Gasteiger partial charge in [-0.25, -0.2) is 0 Å². The monoisotopic (exact) mass is 209 g/mol. The summed E-state index contributed by atoms with van der Waals surface area (Å²) in [7, 11) is 0. The molecule has 0 aromatic rings. The molecule has 0 saturated heterocycles. The smallest absolute Gasteiger partial charge is 0.226 e. The van der Waals surface area contributed by atoms with Crippen LogP contribution < -0.4 is 5.32 Å². The van der Waals surface area contributed by atoms with Gasteiger partial charge in [-0.2, -0.15) is 0 Å². The van der Waals surface area contributed by atoms with Crippen molar-refractivity contribution in [2.24, 2.45) is 5.92 Å². The molecule has 1 amide bonds. The summed E-state index contributed by atoms with van der Waals surface area (Å²) in [6.07, 6.45) is 3.39. The predicted molar refractivity (Wildman–Crippen MR) is 67.4 cm³/mol. The van der Waals surface area contributed by atoms with Crippen LogP contribution >= 0.6 is 0 Å². The molecule has 0 heterocycles. The number of allylic oxidation sites excluding steroid dienone is 3. The lowest BCUT2D eigenvalue weighted by Crippen LogP contribution is -2.26.